The van der Waals surface area contributed by atoms with E-state index in [1.807, 2.05) is 14.1 Å². The minimum Gasteiger partial charge on any atom is -0.394 e. The van der Waals surface area contributed by atoms with Crippen LogP contribution in [0.4, 0.5) is 17.1 Å². The maximum atomic E-state index is 11.4. The van der Waals surface area contributed by atoms with Gasteiger partial charge >= 0.3 is 0 Å². The molecule has 0 atom stereocenters. The van der Waals surface area contributed by atoms with Gasteiger partial charge in [0.1, 0.15) is 5.41 Å². The Morgan fingerprint density at radius 2 is 0.806 bits per heavy atom. The zero-order valence-electron chi connectivity index (χ0n) is 38.3. The molecular weight excluding hydrogens is 793 g/mol. The van der Waals surface area contributed by atoms with Gasteiger partial charge in [0, 0.05) is 57.3 Å². The van der Waals surface area contributed by atoms with Gasteiger partial charge in [-0.25, -0.2) is 0 Å². The number of hydrogen-bond donors (Lipinski definition) is 2. The number of aliphatic hydroxyl groups is 2. The highest BCUT2D eigenvalue weighted by Gasteiger charge is 2.39. The lowest BCUT2D eigenvalue weighted by molar-refractivity contribution is -0.00489. The highest BCUT2D eigenvalue weighted by Crippen LogP contribution is 2.43. The molecular formula is C48H74N4O10. The number of hydrogen-bond acceptors (Lipinski definition) is 14. The van der Waals surface area contributed by atoms with E-state index in [1.165, 1.54) is 0 Å². The summed E-state index contributed by atoms with van der Waals surface area (Å²) in [6, 6.07) is 24.1. The molecule has 0 amide bonds. The number of ether oxygens (including phenoxy) is 8. The Morgan fingerprint density at radius 3 is 1.10 bits per heavy atom. The summed E-state index contributed by atoms with van der Waals surface area (Å²) in [5.41, 5.74) is 7.04. The minimum absolute atomic E-state index is 0.0118. The zero-order chi connectivity index (χ0) is 44.8. The van der Waals surface area contributed by atoms with Crippen LogP contribution in [0.25, 0.3) is 0 Å². The standard InChI is InChI=1S/C48H74N4O10/c1-7-51(17-21-55-25-29-59-33-35-61-31-27-57-23-19-53)44-13-15-46(40(3)37-44)48(39-49,42-9-11-43(12-10-42)50(5)6)47-16-14-45(38-41(47)4)52(8-2)18-22-56-26-30-60-34-36-62-32-28-58-24-20-54/h9-16,37-38,53-54H,7-8,17-36H2,1-6H3. The van der Waals surface area contributed by atoms with Crippen molar-refractivity contribution in [3.63, 3.8) is 0 Å². The first-order valence-corrected chi connectivity index (χ1v) is 22.0. The molecule has 3 rings (SSSR count). The maximum Gasteiger partial charge on any atom is 0.133 e. The number of rotatable bonds is 36. The molecule has 0 aromatic heterocycles. The number of anilines is 3. The number of nitrogens with zero attached hydrogens (tertiary/aromatic N) is 4. The average molecular weight is 867 g/mol. The molecule has 0 saturated carbocycles. The van der Waals surface area contributed by atoms with Gasteiger partial charge in [-0.05, 0) is 91.9 Å². The van der Waals surface area contributed by atoms with Crippen molar-refractivity contribution in [2.24, 2.45) is 0 Å². The summed E-state index contributed by atoms with van der Waals surface area (Å²) in [6.07, 6.45) is 0. The molecule has 14 heteroatoms. The predicted octanol–water partition coefficient (Wildman–Crippen LogP) is 5.00. The second-order valence-corrected chi connectivity index (χ2v) is 14.8. The molecule has 3 aromatic carbocycles. The molecule has 3 aromatic rings. The third-order valence-electron chi connectivity index (χ3n) is 10.4. The van der Waals surface area contributed by atoms with Crippen LogP contribution in [-0.2, 0) is 43.3 Å². The van der Waals surface area contributed by atoms with Crippen molar-refractivity contribution >= 4 is 17.1 Å². The number of likely N-dealkylation sites (N-methyl/N-ethyl adjacent to an activating group) is 2. The van der Waals surface area contributed by atoms with E-state index < -0.39 is 5.41 Å². The van der Waals surface area contributed by atoms with Gasteiger partial charge in [-0.15, -0.1) is 0 Å². The molecule has 0 fully saturated rings. The lowest BCUT2D eigenvalue weighted by atomic mass is 9.68. The SMILES string of the molecule is CCN(CCOCCOCCOCCOCCO)c1ccc(C(C#N)(c2ccc(N(C)C)cc2)c2ccc(N(CC)CCOCCOCCOCCOCCO)cc2C)c(C)c1. The van der Waals surface area contributed by atoms with E-state index in [0.29, 0.717) is 119 Å². The number of nitriles is 1. The van der Waals surface area contributed by atoms with Gasteiger partial charge in [-0.3, -0.25) is 0 Å². The average Bonchev–Trinajstić information content (AvgIpc) is 3.28. The first-order valence-electron chi connectivity index (χ1n) is 22.0. The molecule has 0 aliphatic carbocycles. The topological polar surface area (TPSA) is 148 Å². The minimum atomic E-state index is -1.06. The monoisotopic (exact) mass is 867 g/mol. The molecule has 0 radical (unpaired) electrons. The quantitative estimate of drug-likeness (QED) is 0.0597. The lowest BCUT2D eigenvalue weighted by Crippen LogP contribution is -2.31. The molecule has 0 aliphatic heterocycles. The summed E-state index contributed by atoms with van der Waals surface area (Å²) in [6.45, 7) is 19.0. The Morgan fingerprint density at radius 1 is 0.484 bits per heavy atom. The Balaban J connectivity index is 1.67. The molecule has 0 unspecified atom stereocenters. The zero-order valence-corrected chi connectivity index (χ0v) is 38.3. The molecule has 0 bridgehead atoms. The third-order valence-corrected chi connectivity index (χ3v) is 10.4. The van der Waals surface area contributed by atoms with Gasteiger partial charge < -0.3 is 62.8 Å². The predicted molar refractivity (Wildman–Crippen MR) is 245 cm³/mol. The number of aliphatic hydroxyl groups excluding tert-OH is 2. The number of aryl methyl sites for hydroxylation is 2. The fourth-order valence-electron chi connectivity index (χ4n) is 7.12. The van der Waals surface area contributed by atoms with Crippen LogP contribution in [-0.4, -0.2) is 169 Å². The molecule has 14 nitrogen and oxygen atoms in total. The van der Waals surface area contributed by atoms with Crippen LogP contribution >= 0.6 is 0 Å². The van der Waals surface area contributed by atoms with E-state index >= 15 is 0 Å². The van der Waals surface area contributed by atoms with E-state index in [0.717, 1.165) is 58.0 Å². The number of benzene rings is 3. The Kier molecular flexibility index (Phi) is 26.3. The van der Waals surface area contributed by atoms with Crippen LogP contribution in [0.1, 0.15) is 41.7 Å². The molecule has 0 heterocycles. The van der Waals surface area contributed by atoms with Gasteiger partial charge in [-0.1, -0.05) is 24.3 Å². The Labute approximate surface area is 371 Å². The van der Waals surface area contributed by atoms with E-state index in [2.05, 4.69) is 109 Å². The van der Waals surface area contributed by atoms with Crippen molar-refractivity contribution in [2.45, 2.75) is 33.1 Å². The molecule has 2 N–H and O–H groups in total. The van der Waals surface area contributed by atoms with Crippen LogP contribution in [0.2, 0.25) is 0 Å². The summed E-state index contributed by atoms with van der Waals surface area (Å²) < 4.78 is 44.3. The van der Waals surface area contributed by atoms with E-state index in [9.17, 15) is 5.26 Å². The fraction of sp³-hybridized carbons (Fsp3) is 0.604. The van der Waals surface area contributed by atoms with Crippen molar-refractivity contribution in [3.05, 3.63) is 88.5 Å². The van der Waals surface area contributed by atoms with E-state index in [1.54, 1.807) is 0 Å². The van der Waals surface area contributed by atoms with Crippen LogP contribution in [0.3, 0.4) is 0 Å². The molecule has 346 valence electrons. The van der Waals surface area contributed by atoms with Gasteiger partial charge in [0.25, 0.3) is 0 Å². The van der Waals surface area contributed by atoms with Crippen LogP contribution in [0, 0.1) is 25.2 Å². The van der Waals surface area contributed by atoms with Gasteiger partial charge in [-0.2, -0.15) is 5.26 Å². The smallest absolute Gasteiger partial charge is 0.133 e. The molecule has 0 saturated heterocycles. The van der Waals surface area contributed by atoms with E-state index in [-0.39, 0.29) is 13.2 Å². The Hall–Kier alpha value is -3.85. The van der Waals surface area contributed by atoms with Crippen LogP contribution < -0.4 is 14.7 Å². The van der Waals surface area contributed by atoms with Crippen molar-refractivity contribution < 1.29 is 48.1 Å². The summed E-state index contributed by atoms with van der Waals surface area (Å²) in [5.74, 6) is 0. The van der Waals surface area contributed by atoms with Crippen molar-refractivity contribution in [2.75, 3.05) is 174 Å². The normalized spacial score (nSPS) is 11.5. The lowest BCUT2D eigenvalue weighted by Gasteiger charge is -2.34. The van der Waals surface area contributed by atoms with Crippen LogP contribution in [0.5, 0.6) is 0 Å². The van der Waals surface area contributed by atoms with Gasteiger partial charge in [0.2, 0.25) is 0 Å². The Bertz CT molecular complexity index is 1590. The molecule has 62 heavy (non-hydrogen) atoms. The van der Waals surface area contributed by atoms with Gasteiger partial charge in [0.05, 0.1) is 125 Å². The second-order valence-electron chi connectivity index (χ2n) is 14.8. The fourth-order valence-corrected chi connectivity index (χ4v) is 7.12. The summed E-state index contributed by atoms with van der Waals surface area (Å²) in [7, 11) is 4.04. The maximum absolute atomic E-state index is 11.4. The summed E-state index contributed by atoms with van der Waals surface area (Å²) in [4.78, 5) is 6.64. The first-order chi connectivity index (χ1) is 30.3. The molecule has 0 spiro atoms. The van der Waals surface area contributed by atoms with Gasteiger partial charge in [0.15, 0.2) is 0 Å². The van der Waals surface area contributed by atoms with Crippen LogP contribution in [0.15, 0.2) is 60.7 Å². The summed E-state index contributed by atoms with van der Waals surface area (Å²) >= 11 is 0. The third kappa shape index (κ3) is 17.4. The van der Waals surface area contributed by atoms with Crippen molar-refractivity contribution in [1.82, 2.24) is 0 Å². The largest absolute Gasteiger partial charge is 0.394 e. The first kappa shape index (κ1) is 52.5. The molecule has 0 aliphatic rings. The van der Waals surface area contributed by atoms with Crippen molar-refractivity contribution in [1.29, 1.82) is 5.26 Å². The second kappa shape index (κ2) is 31.1. The van der Waals surface area contributed by atoms with E-state index in [4.69, 9.17) is 48.1 Å². The van der Waals surface area contributed by atoms with Crippen molar-refractivity contribution in [3.8, 4) is 6.07 Å². The highest BCUT2D eigenvalue weighted by molar-refractivity contribution is 5.66. The highest BCUT2D eigenvalue weighted by atomic mass is 16.6. The summed E-state index contributed by atoms with van der Waals surface area (Å²) in [5, 5.41) is 28.9.